The second-order valence-corrected chi connectivity index (χ2v) is 3.56. The summed E-state index contributed by atoms with van der Waals surface area (Å²) >= 11 is 0. The molecule has 15 heavy (non-hydrogen) atoms. The van der Waals surface area contributed by atoms with E-state index in [0.29, 0.717) is 5.57 Å². The zero-order valence-corrected chi connectivity index (χ0v) is 8.14. The molecule has 0 aromatic carbocycles. The second-order valence-electron chi connectivity index (χ2n) is 3.56. The van der Waals surface area contributed by atoms with Crippen molar-refractivity contribution in [3.63, 3.8) is 0 Å². The monoisotopic (exact) mass is 206 g/mol. The first-order valence-electron chi connectivity index (χ1n) is 4.61. The third-order valence-electron chi connectivity index (χ3n) is 2.66. The fraction of sp³-hybridized carbons (Fsp3) is 0.300. The molecule has 0 saturated heterocycles. The summed E-state index contributed by atoms with van der Waals surface area (Å²) < 4.78 is 0. The summed E-state index contributed by atoms with van der Waals surface area (Å²) in [5.41, 5.74) is 0.707. The number of Topliss-reactive ketones (excluding diaryl/α,β-unsaturated/α-hetero) is 1. The molecule has 0 fully saturated rings. The van der Waals surface area contributed by atoms with E-state index in [0.717, 1.165) is 0 Å². The fourth-order valence-corrected chi connectivity index (χ4v) is 1.93. The molecule has 0 radical (unpaired) electrons. The van der Waals surface area contributed by atoms with Crippen molar-refractivity contribution < 1.29 is 9.72 Å². The first-order chi connectivity index (χ1) is 7.11. The lowest BCUT2D eigenvalue weighted by Gasteiger charge is -2.20. The molecular weight excluding hydrogens is 196 g/mol. The largest absolute Gasteiger partial charge is 0.378 e. The van der Waals surface area contributed by atoms with Gasteiger partial charge in [0.05, 0.1) is 23.1 Å². The van der Waals surface area contributed by atoms with Gasteiger partial charge in [0, 0.05) is 5.57 Å². The minimum Gasteiger partial charge on any atom is -0.378 e. The van der Waals surface area contributed by atoms with E-state index in [-0.39, 0.29) is 23.4 Å². The number of rotatable bonds is 2. The molecule has 1 heterocycles. The molecule has 0 saturated carbocycles. The summed E-state index contributed by atoms with van der Waals surface area (Å²) in [5.74, 6) is -0.385. The van der Waals surface area contributed by atoms with E-state index in [2.05, 4.69) is 5.32 Å². The van der Waals surface area contributed by atoms with Crippen LogP contribution in [0.2, 0.25) is 0 Å². The topological polar surface area (TPSA) is 72.2 Å². The highest BCUT2D eigenvalue weighted by molar-refractivity contribution is 5.95. The number of hydrogen-bond acceptors (Lipinski definition) is 4. The number of hydrogen-bond donors (Lipinski definition) is 1. The van der Waals surface area contributed by atoms with Gasteiger partial charge in [-0.3, -0.25) is 14.9 Å². The molecule has 5 heteroatoms. The van der Waals surface area contributed by atoms with Gasteiger partial charge >= 0.3 is 0 Å². The molecule has 1 N–H and O–H groups in total. The number of ketones is 1. The van der Waals surface area contributed by atoms with Crippen LogP contribution < -0.4 is 5.32 Å². The number of carbonyl (C=O) groups excluding carboxylic acids is 1. The summed E-state index contributed by atoms with van der Waals surface area (Å²) in [6, 6.07) is -0.270. The Kier molecular flexibility index (Phi) is 2.15. The smallest absolute Gasteiger partial charge is 0.270 e. The van der Waals surface area contributed by atoms with Gasteiger partial charge in [-0.05, 0) is 6.92 Å². The van der Waals surface area contributed by atoms with Gasteiger partial charge in [0.25, 0.3) is 5.70 Å². The Hall–Kier alpha value is -1.91. The Labute approximate surface area is 86.3 Å². The highest BCUT2D eigenvalue weighted by Crippen LogP contribution is 2.30. The maximum Gasteiger partial charge on any atom is 0.270 e. The third-order valence-corrected chi connectivity index (χ3v) is 2.66. The predicted octanol–water partition coefficient (Wildman–Crippen LogP) is 0.778. The molecule has 0 spiro atoms. The standard InChI is InChI=1S/C10H10N2O3/c1-6(13)7-3-2-4-8-9(12(14)15)5-11-10(7)8/h2-5,8,10-11H,1H3. The fourth-order valence-electron chi connectivity index (χ4n) is 1.93. The molecule has 0 bridgehead atoms. The van der Waals surface area contributed by atoms with Crippen molar-refractivity contribution in [1.82, 2.24) is 5.32 Å². The van der Waals surface area contributed by atoms with Crippen molar-refractivity contribution in [2.75, 3.05) is 0 Å². The first-order valence-corrected chi connectivity index (χ1v) is 4.61. The van der Waals surface area contributed by atoms with Gasteiger partial charge in [-0.2, -0.15) is 0 Å². The Morgan fingerprint density at radius 2 is 2.33 bits per heavy atom. The lowest BCUT2D eigenvalue weighted by molar-refractivity contribution is -0.431. The van der Waals surface area contributed by atoms with Crippen LogP contribution in [-0.2, 0) is 4.79 Å². The van der Waals surface area contributed by atoms with Crippen LogP contribution in [0.3, 0.4) is 0 Å². The minimum atomic E-state index is -0.412. The van der Waals surface area contributed by atoms with Gasteiger partial charge in [0.1, 0.15) is 0 Å². The van der Waals surface area contributed by atoms with E-state index in [9.17, 15) is 14.9 Å². The van der Waals surface area contributed by atoms with E-state index in [4.69, 9.17) is 0 Å². The molecule has 5 nitrogen and oxygen atoms in total. The van der Waals surface area contributed by atoms with Crippen LogP contribution in [0.4, 0.5) is 0 Å². The van der Waals surface area contributed by atoms with Gasteiger partial charge in [0.15, 0.2) is 5.78 Å². The Bertz CT molecular complexity index is 420. The zero-order valence-electron chi connectivity index (χ0n) is 8.14. The van der Waals surface area contributed by atoms with Crippen molar-refractivity contribution in [3.05, 3.63) is 45.8 Å². The average Bonchev–Trinajstić information content (AvgIpc) is 2.59. The molecular formula is C10H10N2O3. The molecule has 2 aliphatic rings. The highest BCUT2D eigenvalue weighted by atomic mass is 16.6. The Morgan fingerprint density at radius 1 is 1.60 bits per heavy atom. The van der Waals surface area contributed by atoms with E-state index in [1.807, 2.05) is 0 Å². The minimum absolute atomic E-state index is 0.0557. The zero-order chi connectivity index (χ0) is 11.0. The summed E-state index contributed by atoms with van der Waals surface area (Å²) in [6.07, 6.45) is 6.52. The van der Waals surface area contributed by atoms with Crippen LogP contribution >= 0.6 is 0 Å². The van der Waals surface area contributed by atoms with E-state index in [1.54, 1.807) is 18.2 Å². The van der Waals surface area contributed by atoms with Gasteiger partial charge in [-0.15, -0.1) is 0 Å². The molecule has 2 unspecified atom stereocenters. The number of nitrogens with zero attached hydrogens (tertiary/aromatic N) is 1. The Morgan fingerprint density at radius 3 is 2.93 bits per heavy atom. The maximum absolute atomic E-state index is 11.3. The van der Waals surface area contributed by atoms with Gasteiger partial charge < -0.3 is 5.32 Å². The van der Waals surface area contributed by atoms with Gasteiger partial charge in [-0.25, -0.2) is 0 Å². The SMILES string of the molecule is CC(=O)C1=CC=CC2C([N+](=O)[O-])=CNC12. The van der Waals surface area contributed by atoms with Crippen molar-refractivity contribution in [2.45, 2.75) is 13.0 Å². The van der Waals surface area contributed by atoms with E-state index in [1.165, 1.54) is 13.1 Å². The quantitative estimate of drug-likeness (QED) is 0.535. The highest BCUT2D eigenvalue weighted by Gasteiger charge is 2.39. The molecule has 2 atom stereocenters. The Balaban J connectivity index is 2.30. The molecule has 0 aromatic rings. The van der Waals surface area contributed by atoms with Crippen molar-refractivity contribution in [2.24, 2.45) is 5.92 Å². The second kappa shape index (κ2) is 3.34. The molecule has 2 rings (SSSR count). The summed E-state index contributed by atoms with van der Waals surface area (Å²) in [5, 5.41) is 13.6. The predicted molar refractivity (Wildman–Crippen MR) is 53.4 cm³/mol. The lowest BCUT2D eigenvalue weighted by Crippen LogP contribution is -2.33. The number of fused-ring (bicyclic) bond motifs is 1. The summed E-state index contributed by atoms with van der Waals surface area (Å²) in [7, 11) is 0. The van der Waals surface area contributed by atoms with Crippen molar-refractivity contribution in [1.29, 1.82) is 0 Å². The molecule has 78 valence electrons. The summed E-state index contributed by atoms with van der Waals surface area (Å²) in [6.45, 7) is 1.47. The van der Waals surface area contributed by atoms with E-state index < -0.39 is 4.92 Å². The number of nitro groups is 1. The molecule has 1 aliphatic carbocycles. The number of allylic oxidation sites excluding steroid dienone is 2. The number of nitrogens with one attached hydrogen (secondary N) is 1. The molecule has 1 aliphatic heterocycles. The van der Waals surface area contributed by atoms with E-state index >= 15 is 0 Å². The normalized spacial score (nSPS) is 27.5. The summed E-state index contributed by atoms with van der Waals surface area (Å²) in [4.78, 5) is 21.6. The maximum atomic E-state index is 11.3. The molecule has 0 amide bonds. The lowest BCUT2D eigenvalue weighted by atomic mass is 9.87. The van der Waals surface area contributed by atoms with Crippen LogP contribution in [0.15, 0.2) is 35.7 Å². The van der Waals surface area contributed by atoms with Gasteiger partial charge in [-0.1, -0.05) is 18.2 Å². The van der Waals surface area contributed by atoms with Crippen LogP contribution in [0.25, 0.3) is 0 Å². The van der Waals surface area contributed by atoms with Crippen molar-refractivity contribution >= 4 is 5.78 Å². The van der Waals surface area contributed by atoms with Crippen LogP contribution in [0.1, 0.15) is 6.92 Å². The molecule has 0 aromatic heterocycles. The number of carbonyl (C=O) groups is 1. The third kappa shape index (κ3) is 1.45. The van der Waals surface area contributed by atoms with Crippen LogP contribution in [0, 0.1) is 16.0 Å². The van der Waals surface area contributed by atoms with Gasteiger partial charge in [0.2, 0.25) is 0 Å². The van der Waals surface area contributed by atoms with Crippen LogP contribution in [-0.4, -0.2) is 16.7 Å². The van der Waals surface area contributed by atoms with Crippen LogP contribution in [0.5, 0.6) is 0 Å². The first kappa shape index (κ1) is 9.64. The van der Waals surface area contributed by atoms with Crippen molar-refractivity contribution in [3.8, 4) is 0 Å². The average molecular weight is 206 g/mol.